The topological polar surface area (TPSA) is 9.23 Å². The molecule has 3 aromatic rings. The maximum Gasteiger partial charge on any atom is 0.122 e. The first kappa shape index (κ1) is 14.7. The Hall–Kier alpha value is -2.25. The number of rotatable bonds is 4. The highest BCUT2D eigenvalue weighted by Crippen LogP contribution is 2.27. The van der Waals surface area contributed by atoms with Crippen LogP contribution in [0.4, 0.5) is 0 Å². The Morgan fingerprint density at radius 3 is 2.18 bits per heavy atom. The monoisotopic (exact) mass is 308 g/mol. The average Bonchev–Trinajstić information content (AvgIpc) is 2.55. The first-order valence-electron chi connectivity index (χ1n) is 7.26. The van der Waals surface area contributed by atoms with Gasteiger partial charge in [0.2, 0.25) is 0 Å². The van der Waals surface area contributed by atoms with Crippen LogP contribution in [-0.4, -0.2) is 0 Å². The quantitative estimate of drug-likeness (QED) is 0.583. The molecule has 0 aliphatic rings. The summed E-state index contributed by atoms with van der Waals surface area (Å²) in [6.07, 6.45) is 0. The molecule has 1 nitrogen and oxygen atoms in total. The fourth-order valence-corrected chi connectivity index (χ4v) is 2.49. The number of hydrogen-bond acceptors (Lipinski definition) is 1. The Balaban J connectivity index is 1.76. The van der Waals surface area contributed by atoms with Crippen LogP contribution in [-0.2, 0) is 6.61 Å². The van der Waals surface area contributed by atoms with E-state index in [9.17, 15) is 0 Å². The lowest BCUT2D eigenvalue weighted by atomic mass is 10.0. The summed E-state index contributed by atoms with van der Waals surface area (Å²) in [6.45, 7) is 2.65. The molecule has 3 rings (SSSR count). The summed E-state index contributed by atoms with van der Waals surface area (Å²) in [7, 11) is 0. The van der Waals surface area contributed by atoms with Gasteiger partial charge in [-0.25, -0.2) is 0 Å². The van der Waals surface area contributed by atoms with Crippen molar-refractivity contribution < 1.29 is 4.74 Å². The predicted molar refractivity (Wildman–Crippen MR) is 92.4 cm³/mol. The summed E-state index contributed by atoms with van der Waals surface area (Å²) in [5, 5.41) is 0.753. The van der Waals surface area contributed by atoms with E-state index in [1.165, 1.54) is 11.1 Å². The normalized spacial score (nSPS) is 10.5. The highest BCUT2D eigenvalue weighted by molar-refractivity contribution is 6.30. The molecule has 22 heavy (non-hydrogen) atoms. The fraction of sp³-hybridized carbons (Fsp3) is 0.100. The largest absolute Gasteiger partial charge is 0.489 e. The number of hydrogen-bond donors (Lipinski definition) is 0. The summed E-state index contributed by atoms with van der Waals surface area (Å²) >= 11 is 5.94. The molecule has 110 valence electrons. The van der Waals surface area contributed by atoms with Gasteiger partial charge in [-0.1, -0.05) is 60.1 Å². The Bertz CT molecular complexity index is 748. The molecule has 0 fully saturated rings. The number of benzene rings is 3. The maximum absolute atomic E-state index is 5.94. The zero-order chi connectivity index (χ0) is 15.4. The summed E-state index contributed by atoms with van der Waals surface area (Å²) in [5.41, 5.74) is 4.62. The zero-order valence-corrected chi connectivity index (χ0v) is 13.2. The van der Waals surface area contributed by atoms with Crippen molar-refractivity contribution in [3.8, 4) is 16.9 Å². The van der Waals surface area contributed by atoms with Crippen LogP contribution in [0.15, 0.2) is 72.8 Å². The van der Waals surface area contributed by atoms with Crippen LogP contribution >= 0.6 is 11.6 Å². The van der Waals surface area contributed by atoms with Crippen molar-refractivity contribution in [3.63, 3.8) is 0 Å². The predicted octanol–water partition coefficient (Wildman–Crippen LogP) is 5.89. The number of ether oxygens (including phenoxy) is 1. The highest BCUT2D eigenvalue weighted by Gasteiger charge is 2.04. The van der Waals surface area contributed by atoms with E-state index < -0.39 is 0 Å². The third kappa shape index (κ3) is 3.49. The molecule has 0 radical (unpaired) electrons. The van der Waals surface area contributed by atoms with Crippen molar-refractivity contribution in [2.24, 2.45) is 0 Å². The minimum absolute atomic E-state index is 0.585. The van der Waals surface area contributed by atoms with Crippen molar-refractivity contribution in [1.82, 2.24) is 0 Å². The molecule has 0 saturated carbocycles. The molecule has 0 atom stereocenters. The molecule has 0 bridgehead atoms. The molecule has 0 aromatic heterocycles. The summed E-state index contributed by atoms with van der Waals surface area (Å²) in [6, 6.07) is 24.3. The molecular formula is C20H17ClO. The van der Waals surface area contributed by atoms with E-state index in [1.807, 2.05) is 48.5 Å². The fourth-order valence-electron chi connectivity index (χ4n) is 2.37. The van der Waals surface area contributed by atoms with E-state index in [2.05, 4.69) is 31.2 Å². The third-order valence-corrected chi connectivity index (χ3v) is 3.84. The van der Waals surface area contributed by atoms with Gasteiger partial charge in [0.15, 0.2) is 0 Å². The highest BCUT2D eigenvalue weighted by atomic mass is 35.5. The van der Waals surface area contributed by atoms with Crippen LogP contribution < -0.4 is 4.74 Å². The average molecular weight is 309 g/mol. The van der Waals surface area contributed by atoms with E-state index >= 15 is 0 Å². The molecule has 0 heterocycles. The Kier molecular flexibility index (Phi) is 4.45. The van der Waals surface area contributed by atoms with Crippen molar-refractivity contribution in [2.45, 2.75) is 13.5 Å². The number of halogens is 1. The van der Waals surface area contributed by atoms with Gasteiger partial charge in [-0.2, -0.15) is 0 Å². The number of aryl methyl sites for hydroxylation is 1. The second kappa shape index (κ2) is 6.67. The summed E-state index contributed by atoms with van der Waals surface area (Å²) < 4.78 is 5.91. The summed E-state index contributed by atoms with van der Waals surface area (Å²) in [4.78, 5) is 0. The van der Waals surface area contributed by atoms with E-state index in [1.54, 1.807) is 0 Å². The van der Waals surface area contributed by atoms with Gasteiger partial charge in [-0.05, 0) is 53.4 Å². The van der Waals surface area contributed by atoms with Crippen molar-refractivity contribution >= 4 is 11.6 Å². The van der Waals surface area contributed by atoms with E-state index in [4.69, 9.17) is 16.3 Å². The van der Waals surface area contributed by atoms with E-state index in [0.717, 1.165) is 21.9 Å². The van der Waals surface area contributed by atoms with Crippen molar-refractivity contribution in [3.05, 3.63) is 88.9 Å². The lowest BCUT2D eigenvalue weighted by molar-refractivity contribution is 0.304. The van der Waals surface area contributed by atoms with Gasteiger partial charge in [0.25, 0.3) is 0 Å². The minimum atomic E-state index is 0.585. The van der Waals surface area contributed by atoms with Gasteiger partial charge in [0.05, 0.1) is 0 Å². The van der Waals surface area contributed by atoms with Crippen LogP contribution in [0.2, 0.25) is 5.02 Å². The molecule has 0 aliphatic carbocycles. The molecule has 0 saturated heterocycles. The van der Waals surface area contributed by atoms with Gasteiger partial charge in [0, 0.05) is 5.02 Å². The second-order valence-corrected chi connectivity index (χ2v) is 5.70. The van der Waals surface area contributed by atoms with E-state index in [0.29, 0.717) is 6.61 Å². The molecule has 0 N–H and O–H groups in total. The van der Waals surface area contributed by atoms with Crippen LogP contribution in [0.25, 0.3) is 11.1 Å². The van der Waals surface area contributed by atoms with Crippen molar-refractivity contribution in [1.29, 1.82) is 0 Å². The maximum atomic E-state index is 5.94. The Morgan fingerprint density at radius 2 is 1.50 bits per heavy atom. The van der Waals surface area contributed by atoms with Crippen LogP contribution in [0.1, 0.15) is 11.1 Å². The molecule has 0 amide bonds. The molecule has 2 heteroatoms. The lowest BCUT2D eigenvalue weighted by Crippen LogP contribution is -1.96. The summed E-state index contributed by atoms with van der Waals surface area (Å²) in [5.74, 6) is 0.918. The van der Waals surface area contributed by atoms with Crippen LogP contribution in [0.5, 0.6) is 5.75 Å². The van der Waals surface area contributed by atoms with Gasteiger partial charge in [-0.3, -0.25) is 0 Å². The smallest absolute Gasteiger partial charge is 0.122 e. The van der Waals surface area contributed by atoms with Gasteiger partial charge in [0.1, 0.15) is 12.4 Å². The molecular weight excluding hydrogens is 292 g/mol. The Labute approximate surface area is 136 Å². The first-order chi connectivity index (χ1) is 10.7. The van der Waals surface area contributed by atoms with E-state index in [-0.39, 0.29) is 0 Å². The van der Waals surface area contributed by atoms with Crippen LogP contribution in [0.3, 0.4) is 0 Å². The lowest BCUT2D eigenvalue weighted by Gasteiger charge is -2.11. The second-order valence-electron chi connectivity index (χ2n) is 5.26. The van der Waals surface area contributed by atoms with Gasteiger partial charge >= 0.3 is 0 Å². The van der Waals surface area contributed by atoms with Crippen LogP contribution in [0, 0.1) is 6.92 Å². The SMILES string of the molecule is Cc1cc(-c2ccc(Cl)cc2)ccc1OCc1ccccc1. The first-order valence-corrected chi connectivity index (χ1v) is 7.63. The molecule has 3 aromatic carbocycles. The zero-order valence-electron chi connectivity index (χ0n) is 12.4. The third-order valence-electron chi connectivity index (χ3n) is 3.59. The van der Waals surface area contributed by atoms with Crippen molar-refractivity contribution in [2.75, 3.05) is 0 Å². The molecule has 0 unspecified atom stereocenters. The Morgan fingerprint density at radius 1 is 0.818 bits per heavy atom. The minimum Gasteiger partial charge on any atom is -0.489 e. The van der Waals surface area contributed by atoms with Gasteiger partial charge in [-0.15, -0.1) is 0 Å². The molecule has 0 aliphatic heterocycles. The van der Waals surface area contributed by atoms with Gasteiger partial charge < -0.3 is 4.74 Å². The standard InChI is InChI=1S/C20H17ClO/c1-15-13-18(17-7-10-19(21)11-8-17)9-12-20(15)22-14-16-5-3-2-4-6-16/h2-13H,14H2,1H3. The molecule has 0 spiro atoms.